The minimum Gasteiger partial charge on any atom is -0.379 e. The van der Waals surface area contributed by atoms with Crippen molar-refractivity contribution in [2.75, 3.05) is 26.3 Å². The molecule has 2 rings (SSSR count). The van der Waals surface area contributed by atoms with Crippen molar-refractivity contribution in [1.29, 1.82) is 0 Å². The van der Waals surface area contributed by atoms with E-state index in [1.54, 1.807) is 0 Å². The summed E-state index contributed by atoms with van der Waals surface area (Å²) >= 11 is 0. The zero-order chi connectivity index (χ0) is 11.4. The normalized spacial score (nSPS) is 19.3. The summed E-state index contributed by atoms with van der Waals surface area (Å²) in [5, 5.41) is 0. The zero-order valence-corrected chi connectivity index (χ0v) is 9.56. The average Bonchev–Trinajstić information content (AvgIpc) is 2.39. The average molecular weight is 219 g/mol. The smallest absolute Gasteiger partial charge is 0.150 e. The van der Waals surface area contributed by atoms with Crippen LogP contribution in [0.4, 0.5) is 0 Å². The van der Waals surface area contributed by atoms with Gasteiger partial charge in [0.2, 0.25) is 0 Å². The Morgan fingerprint density at radius 2 is 1.88 bits per heavy atom. The maximum atomic E-state index is 10.6. The fraction of sp³-hybridized carbons (Fsp3) is 0.462. The summed E-state index contributed by atoms with van der Waals surface area (Å²) in [5.41, 5.74) is 1.99. The lowest BCUT2D eigenvalue weighted by molar-refractivity contribution is 0.0198. The molecular formula is C13H17NO2. The van der Waals surface area contributed by atoms with Gasteiger partial charge in [0.15, 0.2) is 0 Å². The van der Waals surface area contributed by atoms with Gasteiger partial charge in [-0.1, -0.05) is 24.3 Å². The molecule has 1 fully saturated rings. The fourth-order valence-corrected chi connectivity index (χ4v) is 2.03. The minimum atomic E-state index is 0.393. The Labute approximate surface area is 96.0 Å². The molecule has 16 heavy (non-hydrogen) atoms. The quantitative estimate of drug-likeness (QED) is 0.727. The van der Waals surface area contributed by atoms with Crippen molar-refractivity contribution in [3.05, 3.63) is 35.4 Å². The van der Waals surface area contributed by atoms with Gasteiger partial charge < -0.3 is 4.74 Å². The number of ether oxygens (including phenoxy) is 1. The van der Waals surface area contributed by atoms with E-state index in [1.165, 1.54) is 5.56 Å². The SMILES string of the molecule is CC(c1ccc(C=O)cc1)N1CCOCC1. The molecule has 1 aromatic carbocycles. The van der Waals surface area contributed by atoms with E-state index in [1.807, 2.05) is 24.3 Å². The van der Waals surface area contributed by atoms with Gasteiger partial charge in [-0.2, -0.15) is 0 Å². The predicted molar refractivity (Wildman–Crippen MR) is 62.6 cm³/mol. The number of morpholine rings is 1. The lowest BCUT2D eigenvalue weighted by Gasteiger charge is -2.32. The molecule has 0 amide bonds. The first kappa shape index (κ1) is 11.3. The summed E-state index contributed by atoms with van der Waals surface area (Å²) in [7, 11) is 0. The lowest BCUT2D eigenvalue weighted by atomic mass is 10.0. The molecule has 1 saturated heterocycles. The highest BCUT2D eigenvalue weighted by atomic mass is 16.5. The third-order valence-electron chi connectivity index (χ3n) is 3.15. The molecule has 0 N–H and O–H groups in total. The van der Waals surface area contributed by atoms with E-state index in [9.17, 15) is 4.79 Å². The van der Waals surface area contributed by atoms with Crippen LogP contribution < -0.4 is 0 Å². The van der Waals surface area contributed by atoms with Gasteiger partial charge in [0.1, 0.15) is 6.29 Å². The van der Waals surface area contributed by atoms with Crippen molar-refractivity contribution < 1.29 is 9.53 Å². The van der Waals surface area contributed by atoms with Gasteiger partial charge >= 0.3 is 0 Å². The summed E-state index contributed by atoms with van der Waals surface area (Å²) < 4.78 is 5.33. The number of aldehydes is 1. The maximum Gasteiger partial charge on any atom is 0.150 e. The van der Waals surface area contributed by atoms with Gasteiger partial charge in [-0.05, 0) is 12.5 Å². The molecule has 1 aliphatic rings. The minimum absolute atomic E-state index is 0.393. The largest absolute Gasteiger partial charge is 0.379 e. The highest BCUT2D eigenvalue weighted by Gasteiger charge is 2.17. The van der Waals surface area contributed by atoms with Crippen LogP contribution in [0.5, 0.6) is 0 Å². The molecule has 0 radical (unpaired) electrons. The number of hydrogen-bond acceptors (Lipinski definition) is 3. The summed E-state index contributed by atoms with van der Waals surface area (Å²) in [6.07, 6.45) is 0.878. The van der Waals surface area contributed by atoms with E-state index in [0.29, 0.717) is 6.04 Å². The third kappa shape index (κ3) is 2.49. The van der Waals surface area contributed by atoms with Crippen molar-refractivity contribution in [1.82, 2.24) is 4.90 Å². The molecule has 0 aromatic heterocycles. The Morgan fingerprint density at radius 3 is 2.44 bits per heavy atom. The Bertz CT molecular complexity index is 341. The molecule has 0 spiro atoms. The van der Waals surface area contributed by atoms with Gasteiger partial charge in [0.25, 0.3) is 0 Å². The number of benzene rings is 1. The lowest BCUT2D eigenvalue weighted by Crippen LogP contribution is -2.37. The first-order valence-corrected chi connectivity index (χ1v) is 5.68. The van der Waals surface area contributed by atoms with Crippen LogP contribution in [0.1, 0.15) is 28.9 Å². The summed E-state index contributed by atoms with van der Waals surface area (Å²) in [6, 6.07) is 8.20. The molecule has 1 unspecified atom stereocenters. The Morgan fingerprint density at radius 1 is 1.25 bits per heavy atom. The second kappa shape index (κ2) is 5.23. The molecule has 1 aromatic rings. The Kier molecular flexibility index (Phi) is 3.70. The van der Waals surface area contributed by atoms with E-state index in [4.69, 9.17) is 4.74 Å². The molecule has 86 valence electrons. The number of hydrogen-bond donors (Lipinski definition) is 0. The van der Waals surface area contributed by atoms with Crippen molar-refractivity contribution in [3.63, 3.8) is 0 Å². The van der Waals surface area contributed by atoms with E-state index < -0.39 is 0 Å². The van der Waals surface area contributed by atoms with Gasteiger partial charge in [-0.15, -0.1) is 0 Å². The number of rotatable bonds is 3. The van der Waals surface area contributed by atoms with Crippen LogP contribution in [-0.2, 0) is 4.74 Å². The summed E-state index contributed by atoms with van der Waals surface area (Å²) in [4.78, 5) is 13.0. The number of carbonyl (C=O) groups is 1. The molecule has 1 atom stereocenters. The molecular weight excluding hydrogens is 202 g/mol. The molecule has 0 aliphatic carbocycles. The Hall–Kier alpha value is -1.19. The van der Waals surface area contributed by atoms with Crippen LogP contribution in [0, 0.1) is 0 Å². The topological polar surface area (TPSA) is 29.5 Å². The monoisotopic (exact) mass is 219 g/mol. The molecule has 3 nitrogen and oxygen atoms in total. The first-order chi connectivity index (χ1) is 7.81. The van der Waals surface area contributed by atoms with Crippen LogP contribution in [0.2, 0.25) is 0 Å². The van der Waals surface area contributed by atoms with Crippen LogP contribution in [0.25, 0.3) is 0 Å². The predicted octanol–water partition coefficient (Wildman–Crippen LogP) is 1.89. The fourth-order valence-electron chi connectivity index (χ4n) is 2.03. The zero-order valence-electron chi connectivity index (χ0n) is 9.56. The number of nitrogens with zero attached hydrogens (tertiary/aromatic N) is 1. The van der Waals surface area contributed by atoms with Crippen LogP contribution in [-0.4, -0.2) is 37.5 Å². The van der Waals surface area contributed by atoms with Crippen LogP contribution in [0.15, 0.2) is 24.3 Å². The first-order valence-electron chi connectivity index (χ1n) is 5.68. The van der Waals surface area contributed by atoms with Gasteiger partial charge in [-0.25, -0.2) is 0 Å². The van der Waals surface area contributed by atoms with Crippen molar-refractivity contribution >= 4 is 6.29 Å². The molecule has 3 heteroatoms. The highest BCUT2D eigenvalue weighted by molar-refractivity contribution is 5.74. The molecule has 1 aliphatic heterocycles. The molecule has 0 bridgehead atoms. The van der Waals surface area contributed by atoms with Gasteiger partial charge in [-0.3, -0.25) is 9.69 Å². The van der Waals surface area contributed by atoms with Gasteiger partial charge in [0.05, 0.1) is 13.2 Å². The van der Waals surface area contributed by atoms with Crippen LogP contribution in [0.3, 0.4) is 0 Å². The molecule has 0 saturated carbocycles. The second-order valence-electron chi connectivity index (χ2n) is 4.11. The van der Waals surface area contributed by atoms with E-state index in [2.05, 4.69) is 11.8 Å². The maximum absolute atomic E-state index is 10.6. The number of carbonyl (C=O) groups excluding carboxylic acids is 1. The van der Waals surface area contributed by atoms with Crippen molar-refractivity contribution in [3.8, 4) is 0 Å². The van der Waals surface area contributed by atoms with Crippen molar-refractivity contribution in [2.45, 2.75) is 13.0 Å². The van der Waals surface area contributed by atoms with E-state index in [0.717, 1.165) is 38.2 Å². The van der Waals surface area contributed by atoms with E-state index >= 15 is 0 Å². The van der Waals surface area contributed by atoms with Gasteiger partial charge in [0, 0.05) is 24.7 Å². The van der Waals surface area contributed by atoms with Crippen LogP contribution >= 0.6 is 0 Å². The second-order valence-corrected chi connectivity index (χ2v) is 4.11. The van der Waals surface area contributed by atoms with Crippen molar-refractivity contribution in [2.24, 2.45) is 0 Å². The molecule has 1 heterocycles. The summed E-state index contributed by atoms with van der Waals surface area (Å²) in [5.74, 6) is 0. The summed E-state index contributed by atoms with van der Waals surface area (Å²) in [6.45, 7) is 5.79. The standard InChI is InChI=1S/C13H17NO2/c1-11(14-6-8-16-9-7-14)13-4-2-12(10-15)3-5-13/h2-5,10-11H,6-9H2,1H3. The highest BCUT2D eigenvalue weighted by Crippen LogP contribution is 2.21. The Balaban J connectivity index is 2.06. The van der Waals surface area contributed by atoms with E-state index in [-0.39, 0.29) is 0 Å². The third-order valence-corrected chi connectivity index (χ3v) is 3.15.